The van der Waals surface area contributed by atoms with Crippen molar-refractivity contribution < 1.29 is 9.84 Å². The van der Waals surface area contributed by atoms with Crippen LogP contribution in [-0.2, 0) is 6.42 Å². The molecule has 0 aromatic heterocycles. The van der Waals surface area contributed by atoms with Crippen molar-refractivity contribution in [2.75, 3.05) is 0 Å². The lowest BCUT2D eigenvalue weighted by atomic mass is 9.69. The number of phenolic OH excluding ortho intramolecular Hbond substituents is 1. The number of aromatic hydroxyl groups is 1. The Morgan fingerprint density at radius 1 is 1.32 bits per heavy atom. The second-order valence-corrected chi connectivity index (χ2v) is 7.10. The minimum Gasteiger partial charge on any atom is -0.508 e. The molecule has 0 spiro atoms. The van der Waals surface area contributed by atoms with E-state index >= 15 is 0 Å². The van der Waals surface area contributed by atoms with E-state index in [4.69, 9.17) is 4.74 Å². The number of hydrogen-bond donors (Lipinski definition) is 1. The zero-order chi connectivity index (χ0) is 15.7. The molecule has 120 valence electrons. The van der Waals surface area contributed by atoms with Crippen molar-refractivity contribution in [2.24, 2.45) is 5.92 Å². The van der Waals surface area contributed by atoms with Gasteiger partial charge in [-0.1, -0.05) is 31.9 Å². The molecule has 2 aliphatic rings. The third-order valence-electron chi connectivity index (χ3n) is 5.35. The Bertz CT molecular complexity index is 561. The van der Waals surface area contributed by atoms with Gasteiger partial charge in [-0.2, -0.15) is 0 Å². The fraction of sp³-hybridized carbons (Fsp3) is 0.600. The molecule has 1 N–H and O–H groups in total. The van der Waals surface area contributed by atoms with E-state index in [2.05, 4.69) is 26.5 Å². The first-order chi connectivity index (χ1) is 10.6. The average Bonchev–Trinajstić information content (AvgIpc) is 2.46. The molecule has 0 radical (unpaired) electrons. The summed E-state index contributed by atoms with van der Waals surface area (Å²) in [5, 5.41) is 10.6. The number of hydrogen-bond acceptors (Lipinski definition) is 2. The van der Waals surface area contributed by atoms with Crippen LogP contribution in [0.4, 0.5) is 0 Å². The van der Waals surface area contributed by atoms with Gasteiger partial charge >= 0.3 is 0 Å². The zero-order valence-corrected chi connectivity index (χ0v) is 13.9. The first-order valence-electron chi connectivity index (χ1n) is 8.78. The van der Waals surface area contributed by atoms with Crippen molar-refractivity contribution in [1.29, 1.82) is 0 Å². The third kappa shape index (κ3) is 2.88. The Hall–Kier alpha value is -1.44. The van der Waals surface area contributed by atoms with E-state index in [1.165, 1.54) is 30.4 Å². The summed E-state index contributed by atoms with van der Waals surface area (Å²) in [6, 6.07) is 4.13. The largest absolute Gasteiger partial charge is 0.508 e. The summed E-state index contributed by atoms with van der Waals surface area (Å²) < 4.78 is 6.17. The number of ether oxygens (including phenoxy) is 1. The lowest BCUT2D eigenvalue weighted by molar-refractivity contribution is 0.0972. The number of benzene rings is 1. The predicted octanol–water partition coefficient (Wildman–Crippen LogP) is 5.35. The highest BCUT2D eigenvalue weighted by Gasteiger charge is 2.40. The summed E-state index contributed by atoms with van der Waals surface area (Å²) in [4.78, 5) is 0. The SMILES string of the molecule is C=C(C)C1CCC2CC1c1c(O)cc(CCCCC)cc1O2. The van der Waals surface area contributed by atoms with Crippen LogP contribution in [0.1, 0.15) is 69.4 Å². The van der Waals surface area contributed by atoms with Crippen LogP contribution < -0.4 is 4.74 Å². The number of allylic oxidation sites excluding steroid dienone is 1. The maximum atomic E-state index is 10.6. The molecule has 3 atom stereocenters. The van der Waals surface area contributed by atoms with Crippen molar-refractivity contribution in [3.05, 3.63) is 35.4 Å². The highest BCUT2D eigenvalue weighted by molar-refractivity contribution is 5.52. The molecule has 1 aromatic carbocycles. The van der Waals surface area contributed by atoms with E-state index in [-0.39, 0.29) is 0 Å². The van der Waals surface area contributed by atoms with Gasteiger partial charge in [-0.15, -0.1) is 0 Å². The molecule has 22 heavy (non-hydrogen) atoms. The average molecular weight is 300 g/mol. The standard InChI is InChI=1S/C20H28O2/c1-4-5-6-7-14-10-18(21)20-17-12-15(22-19(20)11-14)8-9-16(17)13(2)3/h10-11,15-17,21H,2,4-9,12H2,1,3H3. The lowest BCUT2D eigenvalue weighted by Crippen LogP contribution is -2.35. The summed E-state index contributed by atoms with van der Waals surface area (Å²) >= 11 is 0. The molecule has 1 aromatic rings. The van der Waals surface area contributed by atoms with Crippen LogP contribution in [0.2, 0.25) is 0 Å². The second kappa shape index (κ2) is 6.36. The van der Waals surface area contributed by atoms with E-state index < -0.39 is 0 Å². The molecule has 0 saturated heterocycles. The van der Waals surface area contributed by atoms with Gasteiger partial charge in [0.2, 0.25) is 0 Å². The maximum Gasteiger partial charge on any atom is 0.127 e. The van der Waals surface area contributed by atoms with Gasteiger partial charge in [0, 0.05) is 11.5 Å². The number of fused-ring (bicyclic) bond motifs is 4. The minimum absolute atomic E-state index is 0.318. The summed E-state index contributed by atoms with van der Waals surface area (Å²) in [5.41, 5.74) is 3.47. The first kappa shape index (κ1) is 15.5. The summed E-state index contributed by atoms with van der Waals surface area (Å²) in [5.74, 6) is 2.22. The fourth-order valence-electron chi connectivity index (χ4n) is 4.19. The van der Waals surface area contributed by atoms with Crippen LogP contribution in [0.25, 0.3) is 0 Å². The normalized spacial score (nSPS) is 26.2. The molecular weight excluding hydrogens is 272 g/mol. The van der Waals surface area contributed by atoms with Gasteiger partial charge in [-0.05, 0) is 62.6 Å². The number of rotatable bonds is 5. The maximum absolute atomic E-state index is 10.6. The van der Waals surface area contributed by atoms with E-state index in [9.17, 15) is 5.11 Å². The van der Waals surface area contributed by atoms with Crippen LogP contribution in [0.15, 0.2) is 24.3 Å². The number of phenols is 1. The van der Waals surface area contributed by atoms with Gasteiger partial charge in [0.1, 0.15) is 11.5 Å². The van der Waals surface area contributed by atoms with Crippen LogP contribution in [-0.4, -0.2) is 11.2 Å². The molecule has 1 fully saturated rings. The molecule has 0 amide bonds. The summed E-state index contributed by atoms with van der Waals surface area (Å²) in [7, 11) is 0. The van der Waals surface area contributed by atoms with Crippen molar-refractivity contribution in [3.63, 3.8) is 0 Å². The van der Waals surface area contributed by atoms with Gasteiger partial charge in [-0.25, -0.2) is 0 Å². The molecule has 1 aliphatic heterocycles. The Kier molecular flexibility index (Phi) is 4.46. The molecule has 2 nitrogen and oxygen atoms in total. The van der Waals surface area contributed by atoms with Crippen molar-refractivity contribution in [2.45, 2.75) is 70.8 Å². The Labute approximate surface area is 134 Å². The van der Waals surface area contributed by atoms with E-state index in [0.29, 0.717) is 23.7 Å². The third-order valence-corrected chi connectivity index (χ3v) is 5.35. The van der Waals surface area contributed by atoms with Gasteiger partial charge in [-0.3, -0.25) is 0 Å². The van der Waals surface area contributed by atoms with Crippen LogP contribution in [0.3, 0.4) is 0 Å². The smallest absolute Gasteiger partial charge is 0.127 e. The second-order valence-electron chi connectivity index (χ2n) is 7.10. The molecule has 3 unspecified atom stereocenters. The first-order valence-corrected chi connectivity index (χ1v) is 8.78. The van der Waals surface area contributed by atoms with E-state index in [1.54, 1.807) is 0 Å². The van der Waals surface area contributed by atoms with Crippen LogP contribution >= 0.6 is 0 Å². The van der Waals surface area contributed by atoms with Crippen molar-refractivity contribution in [1.82, 2.24) is 0 Å². The Morgan fingerprint density at radius 2 is 2.14 bits per heavy atom. The zero-order valence-electron chi connectivity index (χ0n) is 13.9. The molecule has 1 saturated carbocycles. The fourth-order valence-corrected chi connectivity index (χ4v) is 4.19. The minimum atomic E-state index is 0.318. The monoisotopic (exact) mass is 300 g/mol. The topological polar surface area (TPSA) is 29.5 Å². The van der Waals surface area contributed by atoms with Gasteiger partial charge in [0.05, 0.1) is 6.10 Å². The number of aryl methyl sites for hydroxylation is 1. The number of unbranched alkanes of at least 4 members (excludes halogenated alkanes) is 2. The summed E-state index contributed by atoms with van der Waals surface area (Å²) in [6.45, 7) is 8.51. The highest BCUT2D eigenvalue weighted by Crippen LogP contribution is 2.52. The summed E-state index contributed by atoms with van der Waals surface area (Å²) in [6.07, 6.45) is 8.23. The lowest BCUT2D eigenvalue weighted by Gasteiger charge is -2.42. The Balaban J connectivity index is 1.90. The van der Waals surface area contributed by atoms with E-state index in [0.717, 1.165) is 37.0 Å². The van der Waals surface area contributed by atoms with Crippen molar-refractivity contribution in [3.8, 4) is 11.5 Å². The molecule has 2 bridgehead atoms. The molecule has 3 rings (SSSR count). The van der Waals surface area contributed by atoms with Crippen LogP contribution in [0.5, 0.6) is 11.5 Å². The molecular formula is C20H28O2. The van der Waals surface area contributed by atoms with Gasteiger partial charge in [0.25, 0.3) is 0 Å². The molecule has 1 aliphatic carbocycles. The van der Waals surface area contributed by atoms with Crippen molar-refractivity contribution >= 4 is 0 Å². The highest BCUT2D eigenvalue weighted by atomic mass is 16.5. The predicted molar refractivity (Wildman–Crippen MR) is 90.6 cm³/mol. The Morgan fingerprint density at radius 3 is 2.86 bits per heavy atom. The molecule has 1 heterocycles. The quantitative estimate of drug-likeness (QED) is 0.587. The molecule has 2 heteroatoms. The van der Waals surface area contributed by atoms with Gasteiger partial charge in [0.15, 0.2) is 0 Å². The van der Waals surface area contributed by atoms with Crippen LogP contribution in [0, 0.1) is 5.92 Å². The van der Waals surface area contributed by atoms with Gasteiger partial charge < -0.3 is 9.84 Å². The van der Waals surface area contributed by atoms with E-state index in [1.807, 2.05) is 6.07 Å².